The molecule has 9 heteroatoms. The average molecular weight is 356 g/mol. The Balaban J connectivity index is 1.69. The molecule has 128 valence electrons. The van der Waals surface area contributed by atoms with Gasteiger partial charge < -0.3 is 9.80 Å². The summed E-state index contributed by atoms with van der Waals surface area (Å²) in [5, 5.41) is -0.976. The second-order valence-corrected chi connectivity index (χ2v) is 6.40. The topological polar surface area (TPSA) is 49.3 Å². The Labute approximate surface area is 140 Å². The van der Waals surface area contributed by atoms with E-state index < -0.39 is 11.2 Å². The number of rotatable bonds is 2. The van der Waals surface area contributed by atoms with E-state index in [-0.39, 0.29) is 16.5 Å². The molecule has 0 bridgehead atoms. The summed E-state index contributed by atoms with van der Waals surface area (Å²) in [4.78, 5) is 23.9. The highest BCUT2D eigenvalue weighted by Gasteiger charge is 2.37. The van der Waals surface area contributed by atoms with Crippen molar-refractivity contribution >= 4 is 23.1 Å². The van der Waals surface area contributed by atoms with Gasteiger partial charge in [0.25, 0.3) is 5.91 Å². The molecular formula is C15H15F3N4OS. The third kappa shape index (κ3) is 3.35. The van der Waals surface area contributed by atoms with Crippen LogP contribution in [-0.2, 0) is 6.18 Å². The molecule has 3 heterocycles. The zero-order valence-electron chi connectivity index (χ0n) is 12.9. The van der Waals surface area contributed by atoms with Gasteiger partial charge in [0.1, 0.15) is 10.7 Å². The zero-order chi connectivity index (χ0) is 17.3. The summed E-state index contributed by atoms with van der Waals surface area (Å²) in [6.07, 6.45) is -2.82. The lowest BCUT2D eigenvalue weighted by Crippen LogP contribution is -2.49. The molecule has 1 saturated heterocycles. The van der Waals surface area contributed by atoms with Crippen LogP contribution in [0.2, 0.25) is 0 Å². The standard InChI is InChI=1S/C15H15F3N4OS/c1-10-12(24-14(20-10)15(16,17)18)13(23)22-8-6-21(7-9-22)11-4-2-3-5-19-11/h2-5H,6-9H2,1H3. The Kier molecular flexibility index (Phi) is 4.44. The van der Waals surface area contributed by atoms with Crippen LogP contribution in [0.5, 0.6) is 0 Å². The van der Waals surface area contributed by atoms with Gasteiger partial charge in [-0.25, -0.2) is 9.97 Å². The van der Waals surface area contributed by atoms with E-state index in [0.29, 0.717) is 37.5 Å². The Morgan fingerprint density at radius 1 is 1.21 bits per heavy atom. The number of carbonyl (C=O) groups is 1. The number of piperazine rings is 1. The third-order valence-corrected chi connectivity index (χ3v) is 4.96. The van der Waals surface area contributed by atoms with Crippen molar-refractivity contribution in [2.45, 2.75) is 13.1 Å². The van der Waals surface area contributed by atoms with E-state index >= 15 is 0 Å². The Hall–Kier alpha value is -2.16. The number of aryl methyl sites for hydroxylation is 1. The first kappa shape index (κ1) is 16.7. The molecule has 24 heavy (non-hydrogen) atoms. The van der Waals surface area contributed by atoms with Crippen LogP contribution in [0.15, 0.2) is 24.4 Å². The van der Waals surface area contributed by atoms with Gasteiger partial charge >= 0.3 is 6.18 Å². The van der Waals surface area contributed by atoms with E-state index in [4.69, 9.17) is 0 Å². The zero-order valence-corrected chi connectivity index (χ0v) is 13.7. The van der Waals surface area contributed by atoms with Crippen LogP contribution in [0.1, 0.15) is 20.4 Å². The van der Waals surface area contributed by atoms with Crippen LogP contribution in [0, 0.1) is 6.92 Å². The molecule has 0 N–H and O–H groups in total. The molecule has 1 aliphatic rings. The van der Waals surface area contributed by atoms with Crippen molar-refractivity contribution in [1.82, 2.24) is 14.9 Å². The van der Waals surface area contributed by atoms with Crippen molar-refractivity contribution < 1.29 is 18.0 Å². The van der Waals surface area contributed by atoms with Crippen molar-refractivity contribution in [2.75, 3.05) is 31.1 Å². The maximum atomic E-state index is 12.7. The fraction of sp³-hybridized carbons (Fsp3) is 0.400. The number of thiazole rings is 1. The minimum absolute atomic E-state index is 0.0635. The van der Waals surface area contributed by atoms with E-state index in [1.165, 1.54) is 6.92 Å². The molecule has 3 rings (SSSR count). The number of nitrogens with zero attached hydrogens (tertiary/aromatic N) is 4. The van der Waals surface area contributed by atoms with Crippen molar-refractivity contribution in [3.05, 3.63) is 40.0 Å². The van der Waals surface area contributed by atoms with Crippen molar-refractivity contribution in [2.24, 2.45) is 0 Å². The number of hydrogen-bond acceptors (Lipinski definition) is 5. The number of aromatic nitrogens is 2. The monoisotopic (exact) mass is 356 g/mol. The van der Waals surface area contributed by atoms with E-state index in [1.807, 2.05) is 23.1 Å². The maximum Gasteiger partial charge on any atom is 0.443 e. The fourth-order valence-electron chi connectivity index (χ4n) is 2.54. The summed E-state index contributed by atoms with van der Waals surface area (Å²) in [6, 6.07) is 5.60. The Morgan fingerprint density at radius 3 is 2.46 bits per heavy atom. The van der Waals surface area contributed by atoms with E-state index in [9.17, 15) is 18.0 Å². The lowest BCUT2D eigenvalue weighted by atomic mass is 10.2. The number of amides is 1. The van der Waals surface area contributed by atoms with Gasteiger partial charge in [-0.1, -0.05) is 6.07 Å². The van der Waals surface area contributed by atoms with Gasteiger partial charge in [0, 0.05) is 32.4 Å². The minimum atomic E-state index is -4.52. The number of carbonyl (C=O) groups excluding carboxylic acids is 1. The lowest BCUT2D eigenvalue weighted by molar-refractivity contribution is -0.137. The largest absolute Gasteiger partial charge is 0.443 e. The molecule has 0 aliphatic carbocycles. The van der Waals surface area contributed by atoms with Crippen molar-refractivity contribution in [3.63, 3.8) is 0 Å². The van der Waals surface area contributed by atoms with Gasteiger partial charge in [0.05, 0.1) is 5.69 Å². The molecular weight excluding hydrogens is 341 g/mol. The minimum Gasteiger partial charge on any atom is -0.353 e. The summed E-state index contributed by atoms with van der Waals surface area (Å²) in [7, 11) is 0. The first-order valence-electron chi connectivity index (χ1n) is 7.36. The summed E-state index contributed by atoms with van der Waals surface area (Å²) < 4.78 is 38.2. The van der Waals surface area contributed by atoms with Crippen LogP contribution >= 0.6 is 11.3 Å². The maximum absolute atomic E-state index is 12.7. The number of hydrogen-bond donors (Lipinski definition) is 0. The number of alkyl halides is 3. The van der Waals surface area contributed by atoms with Crippen LogP contribution in [0.4, 0.5) is 19.0 Å². The highest BCUT2D eigenvalue weighted by molar-refractivity contribution is 7.13. The molecule has 0 saturated carbocycles. The number of pyridine rings is 1. The van der Waals surface area contributed by atoms with Gasteiger partial charge in [-0.05, 0) is 19.1 Å². The molecule has 1 amide bonds. The molecule has 0 spiro atoms. The molecule has 2 aromatic heterocycles. The van der Waals surface area contributed by atoms with Crippen LogP contribution in [0.3, 0.4) is 0 Å². The van der Waals surface area contributed by atoms with E-state index in [0.717, 1.165) is 5.82 Å². The SMILES string of the molecule is Cc1nc(C(F)(F)F)sc1C(=O)N1CCN(c2ccccn2)CC1. The Morgan fingerprint density at radius 2 is 1.92 bits per heavy atom. The van der Waals surface area contributed by atoms with Gasteiger partial charge in [0.2, 0.25) is 0 Å². The molecule has 0 aromatic carbocycles. The predicted molar refractivity (Wildman–Crippen MR) is 84.2 cm³/mol. The first-order chi connectivity index (χ1) is 11.4. The summed E-state index contributed by atoms with van der Waals surface area (Å²) in [6.45, 7) is 3.49. The third-order valence-electron chi connectivity index (χ3n) is 3.77. The van der Waals surface area contributed by atoms with E-state index in [1.54, 1.807) is 11.1 Å². The second-order valence-electron chi connectivity index (χ2n) is 5.40. The average Bonchev–Trinajstić information content (AvgIpc) is 2.97. The number of halogens is 3. The molecule has 0 atom stereocenters. The number of anilines is 1. The second kappa shape index (κ2) is 6.39. The summed E-state index contributed by atoms with van der Waals surface area (Å²) >= 11 is 0.412. The molecule has 0 unspecified atom stereocenters. The van der Waals surface area contributed by atoms with Gasteiger partial charge in [-0.3, -0.25) is 4.79 Å². The quantitative estimate of drug-likeness (QED) is 0.830. The van der Waals surface area contributed by atoms with E-state index in [2.05, 4.69) is 9.97 Å². The van der Waals surface area contributed by atoms with Crippen LogP contribution in [-0.4, -0.2) is 47.0 Å². The van der Waals surface area contributed by atoms with Gasteiger partial charge in [-0.15, -0.1) is 11.3 Å². The molecule has 1 fully saturated rings. The van der Waals surface area contributed by atoms with Gasteiger partial charge in [-0.2, -0.15) is 13.2 Å². The van der Waals surface area contributed by atoms with Crippen LogP contribution < -0.4 is 4.90 Å². The fourth-order valence-corrected chi connectivity index (χ4v) is 3.44. The molecule has 2 aromatic rings. The molecule has 1 aliphatic heterocycles. The highest BCUT2D eigenvalue weighted by atomic mass is 32.1. The normalized spacial score (nSPS) is 15.7. The van der Waals surface area contributed by atoms with Crippen molar-refractivity contribution in [3.8, 4) is 0 Å². The first-order valence-corrected chi connectivity index (χ1v) is 8.18. The molecule has 0 radical (unpaired) electrons. The Bertz CT molecular complexity index is 724. The van der Waals surface area contributed by atoms with Gasteiger partial charge in [0.15, 0.2) is 5.01 Å². The van der Waals surface area contributed by atoms with Crippen molar-refractivity contribution in [1.29, 1.82) is 0 Å². The summed E-state index contributed by atoms with van der Waals surface area (Å²) in [5.74, 6) is 0.444. The smallest absolute Gasteiger partial charge is 0.353 e. The highest BCUT2D eigenvalue weighted by Crippen LogP contribution is 2.34. The predicted octanol–water partition coefficient (Wildman–Crippen LogP) is 2.83. The van der Waals surface area contributed by atoms with Crippen LogP contribution in [0.25, 0.3) is 0 Å². The summed E-state index contributed by atoms with van der Waals surface area (Å²) in [5.41, 5.74) is 0.129. The molecule has 5 nitrogen and oxygen atoms in total. The lowest BCUT2D eigenvalue weighted by Gasteiger charge is -2.35.